The lowest BCUT2D eigenvalue weighted by atomic mass is 10.2. The highest BCUT2D eigenvalue weighted by molar-refractivity contribution is 7.92. The molecule has 1 aromatic carbocycles. The second kappa shape index (κ2) is 5.84. The molecular formula is C12H15ClN2O2S. The summed E-state index contributed by atoms with van der Waals surface area (Å²) in [6.45, 7) is 2.45. The topological polar surface area (TPSA) is 49.4 Å². The van der Waals surface area contributed by atoms with E-state index in [1.165, 1.54) is 9.71 Å². The molecule has 0 spiro atoms. The molecule has 0 radical (unpaired) electrons. The van der Waals surface area contributed by atoms with Crippen LogP contribution in [0.25, 0.3) is 6.08 Å². The second-order valence-electron chi connectivity index (χ2n) is 4.05. The Kier molecular flexibility index (Phi) is 4.40. The summed E-state index contributed by atoms with van der Waals surface area (Å²) in [6, 6.07) is 7.04. The number of piperazine rings is 1. The van der Waals surface area contributed by atoms with Crippen molar-refractivity contribution < 1.29 is 8.42 Å². The van der Waals surface area contributed by atoms with Gasteiger partial charge in [0.1, 0.15) is 0 Å². The number of hydrogen-bond acceptors (Lipinski definition) is 3. The Morgan fingerprint density at radius 2 is 1.78 bits per heavy atom. The van der Waals surface area contributed by atoms with Crippen molar-refractivity contribution in [2.75, 3.05) is 26.2 Å². The maximum absolute atomic E-state index is 12.0. The summed E-state index contributed by atoms with van der Waals surface area (Å²) in [6.07, 6.45) is 1.59. The number of hydrogen-bond donors (Lipinski definition) is 1. The molecule has 0 amide bonds. The van der Waals surface area contributed by atoms with Gasteiger partial charge >= 0.3 is 0 Å². The van der Waals surface area contributed by atoms with Crippen molar-refractivity contribution in [2.24, 2.45) is 0 Å². The molecule has 4 nitrogen and oxygen atoms in total. The van der Waals surface area contributed by atoms with E-state index in [0.717, 1.165) is 5.56 Å². The molecule has 6 heteroatoms. The van der Waals surface area contributed by atoms with Crippen molar-refractivity contribution in [3.05, 3.63) is 40.3 Å². The van der Waals surface area contributed by atoms with Crippen molar-refractivity contribution in [3.8, 4) is 0 Å². The fourth-order valence-electron chi connectivity index (χ4n) is 1.72. The van der Waals surface area contributed by atoms with Crippen molar-refractivity contribution in [3.63, 3.8) is 0 Å². The van der Waals surface area contributed by atoms with E-state index >= 15 is 0 Å². The molecule has 2 rings (SSSR count). The highest BCUT2D eigenvalue weighted by Gasteiger charge is 2.20. The molecule has 0 saturated carbocycles. The molecule has 0 aromatic heterocycles. The van der Waals surface area contributed by atoms with E-state index < -0.39 is 10.0 Å². The van der Waals surface area contributed by atoms with Gasteiger partial charge in [-0.1, -0.05) is 23.7 Å². The van der Waals surface area contributed by atoms with Gasteiger partial charge in [-0.15, -0.1) is 0 Å². The van der Waals surface area contributed by atoms with E-state index in [1.54, 1.807) is 30.3 Å². The Balaban J connectivity index is 2.09. The van der Waals surface area contributed by atoms with Crippen LogP contribution in [0.5, 0.6) is 0 Å². The minimum absolute atomic E-state index is 0.521. The van der Waals surface area contributed by atoms with Crippen LogP contribution in [-0.2, 0) is 10.0 Å². The van der Waals surface area contributed by atoms with E-state index in [1.807, 2.05) is 0 Å². The lowest BCUT2D eigenvalue weighted by Gasteiger charge is -2.25. The smallest absolute Gasteiger partial charge is 0.236 e. The molecule has 98 valence electrons. The molecule has 1 N–H and O–H groups in total. The highest BCUT2D eigenvalue weighted by Crippen LogP contribution is 2.12. The molecule has 1 fully saturated rings. The monoisotopic (exact) mass is 286 g/mol. The Morgan fingerprint density at radius 3 is 2.39 bits per heavy atom. The Hall–Kier alpha value is -0.880. The zero-order chi connectivity index (χ0) is 13.0. The van der Waals surface area contributed by atoms with E-state index in [4.69, 9.17) is 11.6 Å². The molecule has 0 aliphatic carbocycles. The van der Waals surface area contributed by atoms with Gasteiger partial charge < -0.3 is 5.32 Å². The third-order valence-corrected chi connectivity index (χ3v) is 4.56. The van der Waals surface area contributed by atoms with Crippen LogP contribution in [0.4, 0.5) is 0 Å². The van der Waals surface area contributed by atoms with Crippen LogP contribution in [-0.4, -0.2) is 38.9 Å². The molecule has 1 aliphatic heterocycles. The predicted molar refractivity (Wildman–Crippen MR) is 73.8 cm³/mol. The number of halogens is 1. The Bertz CT molecular complexity index is 520. The summed E-state index contributed by atoms with van der Waals surface area (Å²) < 4.78 is 25.5. The number of benzene rings is 1. The van der Waals surface area contributed by atoms with Gasteiger partial charge in [0, 0.05) is 36.6 Å². The molecule has 1 saturated heterocycles. The minimum atomic E-state index is -3.31. The SMILES string of the molecule is O=S(=O)(C=Cc1ccc(Cl)cc1)N1CCNCC1. The molecular weight excluding hydrogens is 272 g/mol. The maximum atomic E-state index is 12.0. The van der Waals surface area contributed by atoms with E-state index in [-0.39, 0.29) is 0 Å². The van der Waals surface area contributed by atoms with Crippen LogP contribution in [0.15, 0.2) is 29.7 Å². The number of nitrogens with zero attached hydrogens (tertiary/aromatic N) is 1. The third-order valence-electron chi connectivity index (χ3n) is 2.74. The van der Waals surface area contributed by atoms with Gasteiger partial charge in [0.2, 0.25) is 10.0 Å². The largest absolute Gasteiger partial charge is 0.314 e. The average molecular weight is 287 g/mol. The van der Waals surface area contributed by atoms with Crippen molar-refractivity contribution in [1.82, 2.24) is 9.62 Å². The quantitative estimate of drug-likeness (QED) is 0.917. The lowest BCUT2D eigenvalue weighted by Crippen LogP contribution is -2.45. The lowest BCUT2D eigenvalue weighted by molar-refractivity contribution is 0.364. The molecule has 0 atom stereocenters. The van der Waals surface area contributed by atoms with Crippen LogP contribution in [0.3, 0.4) is 0 Å². The summed E-state index contributed by atoms with van der Waals surface area (Å²) in [5.74, 6) is 0. The van der Waals surface area contributed by atoms with Crippen molar-refractivity contribution >= 4 is 27.7 Å². The van der Waals surface area contributed by atoms with E-state index in [2.05, 4.69) is 5.32 Å². The number of nitrogens with one attached hydrogen (secondary N) is 1. The van der Waals surface area contributed by atoms with Crippen LogP contribution in [0, 0.1) is 0 Å². The van der Waals surface area contributed by atoms with Gasteiger partial charge in [-0.2, -0.15) is 4.31 Å². The summed E-state index contributed by atoms with van der Waals surface area (Å²) in [5, 5.41) is 5.01. The van der Waals surface area contributed by atoms with Crippen LogP contribution < -0.4 is 5.32 Å². The number of sulfonamides is 1. The van der Waals surface area contributed by atoms with Crippen molar-refractivity contribution in [1.29, 1.82) is 0 Å². The zero-order valence-corrected chi connectivity index (χ0v) is 11.4. The molecule has 1 heterocycles. The molecule has 18 heavy (non-hydrogen) atoms. The van der Waals surface area contributed by atoms with Gasteiger partial charge in [-0.3, -0.25) is 0 Å². The molecule has 1 aliphatic rings. The van der Waals surface area contributed by atoms with Crippen LogP contribution >= 0.6 is 11.6 Å². The number of rotatable bonds is 3. The van der Waals surface area contributed by atoms with Gasteiger partial charge in [0.25, 0.3) is 0 Å². The first-order valence-electron chi connectivity index (χ1n) is 5.72. The standard InChI is InChI=1S/C12H15ClN2O2S/c13-12-3-1-11(2-4-12)5-10-18(16,17)15-8-6-14-7-9-15/h1-5,10,14H,6-9H2. The van der Waals surface area contributed by atoms with Crippen LogP contribution in [0.2, 0.25) is 5.02 Å². The Morgan fingerprint density at radius 1 is 1.17 bits per heavy atom. The second-order valence-corrected chi connectivity index (χ2v) is 6.30. The molecule has 1 aromatic rings. The first kappa shape index (κ1) is 13.5. The predicted octanol–water partition coefficient (Wildman–Crippen LogP) is 1.55. The van der Waals surface area contributed by atoms with Gasteiger partial charge in [0.05, 0.1) is 0 Å². The molecule has 0 unspecified atom stereocenters. The fraction of sp³-hybridized carbons (Fsp3) is 0.333. The Labute approximate surface area is 112 Å². The van der Waals surface area contributed by atoms with E-state index in [0.29, 0.717) is 31.2 Å². The average Bonchev–Trinajstić information content (AvgIpc) is 2.39. The van der Waals surface area contributed by atoms with Gasteiger partial charge in [-0.25, -0.2) is 8.42 Å². The first-order valence-corrected chi connectivity index (χ1v) is 7.60. The van der Waals surface area contributed by atoms with E-state index in [9.17, 15) is 8.42 Å². The minimum Gasteiger partial charge on any atom is -0.314 e. The fourth-order valence-corrected chi connectivity index (χ4v) is 3.04. The highest BCUT2D eigenvalue weighted by atomic mass is 35.5. The summed E-state index contributed by atoms with van der Waals surface area (Å²) in [4.78, 5) is 0. The summed E-state index contributed by atoms with van der Waals surface area (Å²) in [7, 11) is -3.31. The maximum Gasteiger partial charge on any atom is 0.236 e. The zero-order valence-electron chi connectivity index (χ0n) is 9.84. The third kappa shape index (κ3) is 3.55. The van der Waals surface area contributed by atoms with Gasteiger partial charge in [-0.05, 0) is 23.8 Å². The van der Waals surface area contributed by atoms with Gasteiger partial charge in [0.15, 0.2) is 0 Å². The van der Waals surface area contributed by atoms with Crippen molar-refractivity contribution in [2.45, 2.75) is 0 Å². The summed E-state index contributed by atoms with van der Waals surface area (Å²) >= 11 is 5.77. The summed E-state index contributed by atoms with van der Waals surface area (Å²) in [5.41, 5.74) is 0.818. The van der Waals surface area contributed by atoms with Crippen LogP contribution in [0.1, 0.15) is 5.56 Å². The normalized spacial score (nSPS) is 18.3. The first-order chi connectivity index (χ1) is 8.58. The molecule has 0 bridgehead atoms.